The normalized spacial score (nSPS) is 11.1. The number of carbonyl (C=O) groups excluding carboxylic acids is 1. The predicted octanol–water partition coefficient (Wildman–Crippen LogP) is 4.68. The molecule has 0 aliphatic rings. The molecule has 0 bridgehead atoms. The van der Waals surface area contributed by atoms with E-state index in [4.69, 9.17) is 4.98 Å². The van der Waals surface area contributed by atoms with E-state index >= 15 is 0 Å². The lowest BCUT2D eigenvalue weighted by Gasteiger charge is -2.05. The number of nitrogens with zero attached hydrogens (tertiary/aromatic N) is 3. The molecule has 0 aliphatic heterocycles. The molecule has 2 aromatic carbocycles. The van der Waals surface area contributed by atoms with E-state index in [9.17, 15) is 4.79 Å². The molecule has 4 aromatic rings. The fourth-order valence-corrected chi connectivity index (χ4v) is 4.37. The van der Waals surface area contributed by atoms with Crippen LogP contribution in [0.5, 0.6) is 0 Å². The van der Waals surface area contributed by atoms with Crippen molar-refractivity contribution in [2.24, 2.45) is 0 Å². The SMILES string of the molecule is CCc1nc(SCC(=O)Nc2ccc(-c3nc4ccc(C)cc4s3)cc2)n[nH]1. The number of anilines is 1. The van der Waals surface area contributed by atoms with E-state index < -0.39 is 0 Å². The summed E-state index contributed by atoms with van der Waals surface area (Å²) >= 11 is 2.99. The highest BCUT2D eigenvalue weighted by atomic mass is 32.2. The first-order chi connectivity index (χ1) is 13.6. The number of H-pyrrole nitrogens is 1. The number of aromatic nitrogens is 4. The van der Waals surface area contributed by atoms with Gasteiger partial charge in [0.15, 0.2) is 0 Å². The summed E-state index contributed by atoms with van der Waals surface area (Å²) in [6.45, 7) is 4.08. The summed E-state index contributed by atoms with van der Waals surface area (Å²) in [6, 6.07) is 14.0. The Balaban J connectivity index is 1.38. The minimum Gasteiger partial charge on any atom is -0.325 e. The van der Waals surface area contributed by atoms with Gasteiger partial charge in [-0.15, -0.1) is 16.4 Å². The Bertz CT molecular complexity index is 1120. The van der Waals surface area contributed by atoms with Gasteiger partial charge in [0.05, 0.1) is 16.0 Å². The van der Waals surface area contributed by atoms with Gasteiger partial charge in [-0.25, -0.2) is 9.97 Å². The molecule has 1 amide bonds. The highest BCUT2D eigenvalue weighted by Gasteiger charge is 2.09. The van der Waals surface area contributed by atoms with Gasteiger partial charge in [-0.3, -0.25) is 9.89 Å². The summed E-state index contributed by atoms with van der Waals surface area (Å²) in [4.78, 5) is 21.1. The minimum atomic E-state index is -0.0870. The van der Waals surface area contributed by atoms with Crippen molar-refractivity contribution >= 4 is 44.9 Å². The van der Waals surface area contributed by atoms with E-state index in [1.807, 2.05) is 31.2 Å². The first kappa shape index (κ1) is 18.6. The number of aromatic amines is 1. The van der Waals surface area contributed by atoms with Gasteiger partial charge in [0, 0.05) is 17.7 Å². The summed E-state index contributed by atoms with van der Waals surface area (Å²) in [5.41, 5.74) is 4.04. The van der Waals surface area contributed by atoms with Crippen LogP contribution >= 0.6 is 23.1 Å². The lowest BCUT2D eigenvalue weighted by atomic mass is 10.2. The zero-order valence-electron chi connectivity index (χ0n) is 15.5. The number of thioether (sulfide) groups is 1. The van der Waals surface area contributed by atoms with E-state index in [0.717, 1.165) is 34.0 Å². The van der Waals surface area contributed by atoms with Crippen molar-refractivity contribution in [3.8, 4) is 10.6 Å². The maximum absolute atomic E-state index is 12.2. The smallest absolute Gasteiger partial charge is 0.234 e. The molecular formula is C20H19N5OS2. The quantitative estimate of drug-likeness (QED) is 0.452. The maximum Gasteiger partial charge on any atom is 0.234 e. The van der Waals surface area contributed by atoms with Crippen LogP contribution < -0.4 is 5.32 Å². The molecular weight excluding hydrogens is 390 g/mol. The van der Waals surface area contributed by atoms with Crippen molar-refractivity contribution in [3.05, 3.63) is 53.9 Å². The van der Waals surface area contributed by atoms with Crippen LogP contribution in [0, 0.1) is 6.92 Å². The number of hydrogen-bond acceptors (Lipinski definition) is 6. The molecule has 4 rings (SSSR count). The zero-order valence-corrected chi connectivity index (χ0v) is 17.2. The van der Waals surface area contributed by atoms with Gasteiger partial charge >= 0.3 is 0 Å². The molecule has 0 atom stereocenters. The molecule has 0 saturated carbocycles. The number of fused-ring (bicyclic) bond motifs is 1. The van der Waals surface area contributed by atoms with E-state index in [2.05, 4.69) is 45.6 Å². The summed E-state index contributed by atoms with van der Waals surface area (Å²) in [6.07, 6.45) is 0.792. The zero-order chi connectivity index (χ0) is 19.5. The number of thiazole rings is 1. The lowest BCUT2D eigenvalue weighted by molar-refractivity contribution is -0.113. The van der Waals surface area contributed by atoms with E-state index in [-0.39, 0.29) is 11.7 Å². The summed E-state index contributed by atoms with van der Waals surface area (Å²) < 4.78 is 1.18. The molecule has 8 heteroatoms. The molecule has 0 unspecified atom stereocenters. The van der Waals surface area contributed by atoms with Crippen LogP contribution in [0.4, 0.5) is 5.69 Å². The molecule has 2 N–H and O–H groups in total. The summed E-state index contributed by atoms with van der Waals surface area (Å²) in [5, 5.41) is 11.4. The van der Waals surface area contributed by atoms with Gasteiger partial charge in [0.25, 0.3) is 0 Å². The molecule has 2 heterocycles. The largest absolute Gasteiger partial charge is 0.325 e. The number of aryl methyl sites for hydroxylation is 2. The van der Waals surface area contributed by atoms with Crippen molar-refractivity contribution in [2.45, 2.75) is 25.4 Å². The average Bonchev–Trinajstić information content (AvgIpc) is 3.33. The second kappa shape index (κ2) is 8.12. The Morgan fingerprint density at radius 1 is 1.18 bits per heavy atom. The molecule has 28 heavy (non-hydrogen) atoms. The van der Waals surface area contributed by atoms with Crippen LogP contribution in [0.15, 0.2) is 47.6 Å². The van der Waals surface area contributed by atoms with E-state index in [0.29, 0.717) is 5.16 Å². The molecule has 142 valence electrons. The van der Waals surface area contributed by atoms with Crippen molar-refractivity contribution in [1.29, 1.82) is 0 Å². The van der Waals surface area contributed by atoms with Gasteiger partial charge in [0.2, 0.25) is 11.1 Å². The van der Waals surface area contributed by atoms with Crippen LogP contribution in [0.1, 0.15) is 18.3 Å². The number of rotatable bonds is 6. The standard InChI is InChI=1S/C20H19N5OS2/c1-3-17-23-20(25-24-17)27-11-18(26)21-14-7-5-13(6-8-14)19-22-15-9-4-12(2)10-16(15)28-19/h4-10H,3,11H2,1-2H3,(H,21,26)(H,23,24,25). The molecule has 0 saturated heterocycles. The third-order valence-electron chi connectivity index (χ3n) is 4.14. The monoisotopic (exact) mass is 409 g/mol. The highest BCUT2D eigenvalue weighted by Crippen LogP contribution is 2.31. The van der Waals surface area contributed by atoms with Crippen LogP contribution in [0.3, 0.4) is 0 Å². The Labute approximate surface area is 170 Å². The number of benzene rings is 2. The number of hydrogen-bond donors (Lipinski definition) is 2. The summed E-state index contributed by atoms with van der Waals surface area (Å²) in [5.74, 6) is 1.000. The fraction of sp³-hybridized carbons (Fsp3) is 0.200. The Kier molecular flexibility index (Phi) is 5.40. The second-order valence-electron chi connectivity index (χ2n) is 6.32. The van der Waals surface area contributed by atoms with Crippen molar-refractivity contribution < 1.29 is 4.79 Å². The number of amides is 1. The predicted molar refractivity (Wildman–Crippen MR) is 115 cm³/mol. The molecule has 0 radical (unpaired) electrons. The molecule has 0 aliphatic carbocycles. The van der Waals surface area contributed by atoms with Gasteiger partial charge in [0.1, 0.15) is 10.8 Å². The first-order valence-electron chi connectivity index (χ1n) is 8.92. The van der Waals surface area contributed by atoms with E-state index in [1.54, 1.807) is 11.3 Å². The first-order valence-corrected chi connectivity index (χ1v) is 10.7. The minimum absolute atomic E-state index is 0.0870. The number of nitrogens with one attached hydrogen (secondary N) is 2. The lowest BCUT2D eigenvalue weighted by Crippen LogP contribution is -2.14. The molecule has 0 spiro atoms. The van der Waals surface area contributed by atoms with Gasteiger partial charge in [-0.1, -0.05) is 24.8 Å². The maximum atomic E-state index is 12.2. The Morgan fingerprint density at radius 2 is 2.00 bits per heavy atom. The van der Waals surface area contributed by atoms with Crippen LogP contribution in [-0.4, -0.2) is 31.8 Å². The Hall–Kier alpha value is -2.71. The Morgan fingerprint density at radius 3 is 2.75 bits per heavy atom. The van der Waals surface area contributed by atoms with Crippen LogP contribution in [-0.2, 0) is 11.2 Å². The molecule has 6 nitrogen and oxygen atoms in total. The van der Waals surface area contributed by atoms with Gasteiger partial charge in [-0.05, 0) is 48.9 Å². The molecule has 0 fully saturated rings. The van der Waals surface area contributed by atoms with Crippen molar-refractivity contribution in [2.75, 3.05) is 11.1 Å². The van der Waals surface area contributed by atoms with Crippen molar-refractivity contribution in [1.82, 2.24) is 20.2 Å². The number of carbonyl (C=O) groups is 1. The van der Waals surface area contributed by atoms with Crippen molar-refractivity contribution in [3.63, 3.8) is 0 Å². The second-order valence-corrected chi connectivity index (χ2v) is 8.30. The average molecular weight is 410 g/mol. The van der Waals surface area contributed by atoms with Gasteiger partial charge < -0.3 is 5.32 Å². The summed E-state index contributed by atoms with van der Waals surface area (Å²) in [7, 11) is 0. The third kappa shape index (κ3) is 4.23. The van der Waals surface area contributed by atoms with E-state index in [1.165, 1.54) is 22.0 Å². The highest BCUT2D eigenvalue weighted by molar-refractivity contribution is 7.99. The molecule has 2 aromatic heterocycles. The van der Waals surface area contributed by atoms with Gasteiger partial charge in [-0.2, -0.15) is 0 Å². The fourth-order valence-electron chi connectivity index (χ4n) is 2.68. The topological polar surface area (TPSA) is 83.6 Å². The van der Waals surface area contributed by atoms with Crippen LogP contribution in [0.25, 0.3) is 20.8 Å². The third-order valence-corrected chi connectivity index (χ3v) is 6.05. The van der Waals surface area contributed by atoms with Crippen LogP contribution in [0.2, 0.25) is 0 Å².